The molecule has 0 radical (unpaired) electrons. The van der Waals surface area contributed by atoms with Gasteiger partial charge in [0.1, 0.15) is 23.0 Å². The number of benzene rings is 1. The molecule has 0 aliphatic rings. The van der Waals surface area contributed by atoms with E-state index in [0.29, 0.717) is 23.0 Å². The Morgan fingerprint density at radius 1 is 1.00 bits per heavy atom. The molecule has 0 unspecified atom stereocenters. The van der Waals surface area contributed by atoms with Crippen LogP contribution in [0, 0.1) is 0 Å². The van der Waals surface area contributed by atoms with Crippen LogP contribution >= 0.6 is 0 Å². The molecule has 104 valence electrons. The number of methoxy groups -OCH3 is 2. The Morgan fingerprint density at radius 2 is 1.60 bits per heavy atom. The normalized spacial score (nSPS) is 9.90. The van der Waals surface area contributed by atoms with Gasteiger partial charge in [0.05, 0.1) is 14.2 Å². The zero-order valence-electron chi connectivity index (χ0n) is 11.0. The summed E-state index contributed by atoms with van der Waals surface area (Å²) < 4.78 is 15.9. The van der Waals surface area contributed by atoms with Gasteiger partial charge < -0.3 is 19.3 Å². The molecule has 1 aromatic carbocycles. The highest BCUT2D eigenvalue weighted by atomic mass is 16.5. The number of rotatable bonds is 5. The third-order valence-electron chi connectivity index (χ3n) is 2.51. The van der Waals surface area contributed by atoms with E-state index in [1.165, 1.54) is 26.5 Å². The zero-order valence-corrected chi connectivity index (χ0v) is 11.0. The van der Waals surface area contributed by atoms with E-state index in [2.05, 4.69) is 4.98 Å². The van der Waals surface area contributed by atoms with Gasteiger partial charge in [-0.2, -0.15) is 0 Å². The van der Waals surface area contributed by atoms with Crippen molar-refractivity contribution in [2.24, 2.45) is 0 Å². The van der Waals surface area contributed by atoms with E-state index >= 15 is 0 Å². The standard InChI is InChI=1S/C14H13NO5/c1-18-10-5-11(19-2)7-12(6-10)20-9-3-4-15-13(8-9)14(16)17/h3-8H,1-2H3,(H,16,17). The van der Waals surface area contributed by atoms with Gasteiger partial charge in [0, 0.05) is 30.5 Å². The number of nitrogens with zero attached hydrogens (tertiary/aromatic N) is 1. The van der Waals surface area contributed by atoms with Crippen LogP contribution in [0.1, 0.15) is 10.5 Å². The lowest BCUT2D eigenvalue weighted by atomic mass is 10.3. The number of aromatic carboxylic acids is 1. The molecule has 2 aromatic rings. The first kappa shape index (κ1) is 13.7. The Labute approximate surface area is 115 Å². The Balaban J connectivity index is 2.29. The molecule has 0 atom stereocenters. The van der Waals surface area contributed by atoms with Gasteiger partial charge in [-0.05, 0) is 6.07 Å². The molecule has 0 aliphatic heterocycles. The maximum Gasteiger partial charge on any atom is 0.354 e. The molecule has 1 heterocycles. The number of carbonyl (C=O) groups is 1. The third-order valence-corrected chi connectivity index (χ3v) is 2.51. The second-order valence-corrected chi connectivity index (χ2v) is 3.83. The molecule has 6 nitrogen and oxygen atoms in total. The molecule has 1 aromatic heterocycles. The van der Waals surface area contributed by atoms with Crippen LogP contribution in [0.5, 0.6) is 23.0 Å². The highest BCUT2D eigenvalue weighted by Crippen LogP contribution is 2.30. The van der Waals surface area contributed by atoms with Crippen LogP contribution in [0.2, 0.25) is 0 Å². The highest BCUT2D eigenvalue weighted by molar-refractivity contribution is 5.85. The van der Waals surface area contributed by atoms with Crippen LogP contribution in [0.25, 0.3) is 0 Å². The van der Waals surface area contributed by atoms with Gasteiger partial charge in [0.25, 0.3) is 0 Å². The lowest BCUT2D eigenvalue weighted by molar-refractivity contribution is 0.0690. The minimum Gasteiger partial charge on any atom is -0.496 e. The molecule has 0 saturated heterocycles. The monoisotopic (exact) mass is 275 g/mol. The number of pyridine rings is 1. The average molecular weight is 275 g/mol. The van der Waals surface area contributed by atoms with Crippen LogP contribution in [-0.4, -0.2) is 30.3 Å². The van der Waals surface area contributed by atoms with E-state index < -0.39 is 5.97 Å². The van der Waals surface area contributed by atoms with E-state index in [0.717, 1.165) is 0 Å². The summed E-state index contributed by atoms with van der Waals surface area (Å²) in [6.07, 6.45) is 1.37. The lowest BCUT2D eigenvalue weighted by Gasteiger charge is -2.10. The van der Waals surface area contributed by atoms with E-state index in [1.54, 1.807) is 24.3 Å². The van der Waals surface area contributed by atoms with E-state index in [1.807, 2.05) is 0 Å². The minimum atomic E-state index is -1.11. The molecular weight excluding hydrogens is 262 g/mol. The van der Waals surface area contributed by atoms with E-state index in [9.17, 15) is 4.79 Å². The van der Waals surface area contributed by atoms with Crippen LogP contribution < -0.4 is 14.2 Å². The fraction of sp³-hybridized carbons (Fsp3) is 0.143. The van der Waals surface area contributed by atoms with Crippen LogP contribution in [-0.2, 0) is 0 Å². The van der Waals surface area contributed by atoms with Crippen molar-refractivity contribution in [3.05, 3.63) is 42.2 Å². The SMILES string of the molecule is COc1cc(OC)cc(Oc2ccnc(C(=O)O)c2)c1. The number of carboxylic acids is 1. The summed E-state index contributed by atoms with van der Waals surface area (Å²) in [5.41, 5.74) is -0.0858. The Kier molecular flexibility index (Phi) is 4.05. The van der Waals surface area contributed by atoms with E-state index in [4.69, 9.17) is 19.3 Å². The van der Waals surface area contributed by atoms with Gasteiger partial charge in [0.15, 0.2) is 5.69 Å². The van der Waals surface area contributed by atoms with Gasteiger partial charge in [-0.1, -0.05) is 0 Å². The topological polar surface area (TPSA) is 77.9 Å². The molecule has 6 heteroatoms. The maximum absolute atomic E-state index is 10.8. The summed E-state index contributed by atoms with van der Waals surface area (Å²) in [4.78, 5) is 14.6. The van der Waals surface area contributed by atoms with Crippen molar-refractivity contribution >= 4 is 5.97 Å². The second-order valence-electron chi connectivity index (χ2n) is 3.83. The molecule has 0 spiro atoms. The first-order valence-electron chi connectivity index (χ1n) is 5.72. The van der Waals surface area contributed by atoms with E-state index in [-0.39, 0.29) is 5.69 Å². The first-order chi connectivity index (χ1) is 9.62. The van der Waals surface area contributed by atoms with Crippen molar-refractivity contribution < 1.29 is 24.1 Å². The van der Waals surface area contributed by atoms with Crippen molar-refractivity contribution in [2.45, 2.75) is 0 Å². The lowest BCUT2D eigenvalue weighted by Crippen LogP contribution is -1.99. The van der Waals surface area contributed by atoms with Crippen LogP contribution in [0.15, 0.2) is 36.5 Å². The van der Waals surface area contributed by atoms with Crippen molar-refractivity contribution in [2.75, 3.05) is 14.2 Å². The maximum atomic E-state index is 10.8. The summed E-state index contributed by atoms with van der Waals surface area (Å²) in [5.74, 6) is 0.883. The molecule has 0 amide bonds. The highest BCUT2D eigenvalue weighted by Gasteiger charge is 2.08. The van der Waals surface area contributed by atoms with Crippen LogP contribution in [0.4, 0.5) is 0 Å². The fourth-order valence-corrected chi connectivity index (χ4v) is 1.57. The summed E-state index contributed by atoms with van der Waals surface area (Å²) in [5, 5.41) is 8.88. The summed E-state index contributed by atoms with van der Waals surface area (Å²) in [6.45, 7) is 0. The van der Waals surface area contributed by atoms with Gasteiger partial charge >= 0.3 is 5.97 Å². The molecule has 0 aliphatic carbocycles. The van der Waals surface area contributed by atoms with Gasteiger partial charge in [-0.3, -0.25) is 0 Å². The molecule has 20 heavy (non-hydrogen) atoms. The van der Waals surface area contributed by atoms with Gasteiger partial charge in [-0.15, -0.1) is 0 Å². The molecule has 1 N–H and O–H groups in total. The summed E-state index contributed by atoms with van der Waals surface area (Å²) >= 11 is 0. The van der Waals surface area contributed by atoms with Gasteiger partial charge in [0.2, 0.25) is 0 Å². The predicted octanol–water partition coefficient (Wildman–Crippen LogP) is 2.59. The number of hydrogen-bond donors (Lipinski definition) is 1. The smallest absolute Gasteiger partial charge is 0.354 e. The molecule has 0 fully saturated rings. The summed E-state index contributed by atoms with van der Waals surface area (Å²) in [6, 6.07) is 7.96. The van der Waals surface area contributed by atoms with Crippen molar-refractivity contribution in [1.82, 2.24) is 4.98 Å². The van der Waals surface area contributed by atoms with Crippen LogP contribution in [0.3, 0.4) is 0 Å². The second kappa shape index (κ2) is 5.92. The Bertz CT molecular complexity index is 604. The molecule has 2 rings (SSSR count). The van der Waals surface area contributed by atoms with Gasteiger partial charge in [-0.25, -0.2) is 9.78 Å². The van der Waals surface area contributed by atoms with Crippen molar-refractivity contribution in [3.8, 4) is 23.0 Å². The number of hydrogen-bond acceptors (Lipinski definition) is 5. The average Bonchev–Trinajstić information content (AvgIpc) is 2.47. The molecular formula is C14H13NO5. The largest absolute Gasteiger partial charge is 0.496 e. The predicted molar refractivity (Wildman–Crippen MR) is 70.8 cm³/mol. The Morgan fingerprint density at radius 3 is 2.15 bits per heavy atom. The number of carboxylic acid groups (broad SMARTS) is 1. The minimum absolute atomic E-state index is 0.0858. The number of ether oxygens (including phenoxy) is 3. The zero-order chi connectivity index (χ0) is 14.5. The number of aromatic nitrogens is 1. The molecule has 0 bridgehead atoms. The third kappa shape index (κ3) is 3.17. The Hall–Kier alpha value is -2.76. The van der Waals surface area contributed by atoms with Crippen molar-refractivity contribution in [1.29, 1.82) is 0 Å². The molecule has 0 saturated carbocycles. The first-order valence-corrected chi connectivity index (χ1v) is 5.72. The quantitative estimate of drug-likeness (QED) is 0.903. The fourth-order valence-electron chi connectivity index (χ4n) is 1.57. The summed E-state index contributed by atoms with van der Waals surface area (Å²) in [7, 11) is 3.07. The van der Waals surface area contributed by atoms with Crippen molar-refractivity contribution in [3.63, 3.8) is 0 Å².